The lowest BCUT2D eigenvalue weighted by Gasteiger charge is -2.32. The molecule has 6 N–H and O–H groups in total. The van der Waals surface area contributed by atoms with Crippen molar-refractivity contribution in [3.05, 3.63) is 59.7 Å². The van der Waals surface area contributed by atoms with Gasteiger partial charge in [-0.1, -0.05) is 25.7 Å². The van der Waals surface area contributed by atoms with Crippen molar-refractivity contribution in [1.82, 2.24) is 0 Å². The molecule has 256 valence electrons. The van der Waals surface area contributed by atoms with Crippen LogP contribution < -0.4 is 11.5 Å². The summed E-state index contributed by atoms with van der Waals surface area (Å²) < 4.78 is 35.5. The summed E-state index contributed by atoms with van der Waals surface area (Å²) in [5.41, 5.74) is 12.3. The molecular weight excluding hydrogens is 596 g/mol. The molecule has 0 bridgehead atoms. The zero-order valence-corrected chi connectivity index (χ0v) is 26.6. The van der Waals surface area contributed by atoms with Crippen molar-refractivity contribution >= 4 is 23.3 Å². The van der Waals surface area contributed by atoms with Gasteiger partial charge in [0.05, 0.1) is 88.4 Å². The lowest BCUT2D eigenvalue weighted by atomic mass is 9.94. The molecule has 2 aliphatic carbocycles. The zero-order chi connectivity index (χ0) is 33.0. The predicted molar refractivity (Wildman–Crippen MR) is 173 cm³/mol. The molecule has 46 heavy (non-hydrogen) atoms. The van der Waals surface area contributed by atoms with Crippen molar-refractivity contribution in [2.45, 2.75) is 75.8 Å². The molecule has 5 rings (SSSR count). The quantitative estimate of drug-likeness (QED) is 0.332. The van der Waals surface area contributed by atoms with Gasteiger partial charge in [-0.15, -0.1) is 0 Å². The van der Waals surface area contributed by atoms with Crippen molar-refractivity contribution in [3.63, 3.8) is 0 Å². The van der Waals surface area contributed by atoms with Gasteiger partial charge in [-0.25, -0.2) is 9.59 Å². The first-order valence-electron chi connectivity index (χ1n) is 16.1. The number of hydrogen-bond acceptors (Lipinski definition) is 10. The maximum absolute atomic E-state index is 10.3. The second-order valence-electron chi connectivity index (χ2n) is 11.3. The summed E-state index contributed by atoms with van der Waals surface area (Å²) in [4.78, 5) is 20.5. The van der Waals surface area contributed by atoms with Gasteiger partial charge < -0.3 is 50.1 Å². The van der Waals surface area contributed by atoms with Gasteiger partial charge in [0.1, 0.15) is 0 Å². The Kier molecular flexibility index (Phi) is 17.4. The van der Waals surface area contributed by atoms with Gasteiger partial charge in [0.15, 0.2) is 0 Å². The van der Waals surface area contributed by atoms with Crippen LogP contribution in [0.4, 0.5) is 11.4 Å². The highest BCUT2D eigenvalue weighted by atomic mass is 16.6. The molecule has 2 saturated carbocycles. The Morgan fingerprint density at radius 1 is 0.478 bits per heavy atom. The second kappa shape index (κ2) is 21.5. The third-order valence-electron chi connectivity index (χ3n) is 7.84. The van der Waals surface area contributed by atoms with E-state index in [0.29, 0.717) is 64.2 Å². The number of nitrogens with two attached hydrogens (primary N) is 2. The molecule has 0 amide bonds. The number of carboxylic acid groups (broad SMARTS) is 2. The number of rotatable bonds is 2. The zero-order valence-electron chi connectivity index (χ0n) is 26.6. The number of benzene rings is 2. The van der Waals surface area contributed by atoms with Crippen molar-refractivity contribution in [1.29, 1.82) is 0 Å². The third-order valence-corrected chi connectivity index (χ3v) is 7.84. The standard InChI is InChI=1S/C20H36O6.2C7H7NO2/c1-2-6-18-17(5-1)23-13-9-21-11-15-25-19-7-3-4-8-20(19)26-16-12-22-10-14-24-18;2*8-6-3-1-5(2-4-6)7(9)10/h17-20H,1-16H2;2*1-4H,8H2,(H,9,10). The van der Waals surface area contributed by atoms with Crippen LogP contribution in [0.3, 0.4) is 0 Å². The van der Waals surface area contributed by atoms with Crippen LogP contribution >= 0.6 is 0 Å². The van der Waals surface area contributed by atoms with E-state index in [0.717, 1.165) is 25.7 Å². The van der Waals surface area contributed by atoms with Crippen LogP contribution in [0.2, 0.25) is 0 Å². The van der Waals surface area contributed by atoms with Gasteiger partial charge in [0, 0.05) is 11.4 Å². The van der Waals surface area contributed by atoms with E-state index in [4.69, 9.17) is 50.1 Å². The Morgan fingerprint density at radius 3 is 0.978 bits per heavy atom. The fraction of sp³-hybridized carbons (Fsp3) is 0.588. The molecule has 2 aromatic rings. The van der Waals surface area contributed by atoms with Gasteiger partial charge in [0.25, 0.3) is 0 Å². The molecule has 3 aliphatic rings. The fourth-order valence-corrected chi connectivity index (χ4v) is 5.38. The minimum atomic E-state index is -0.931. The van der Waals surface area contributed by atoms with E-state index in [1.807, 2.05) is 0 Å². The molecule has 4 atom stereocenters. The van der Waals surface area contributed by atoms with E-state index < -0.39 is 11.9 Å². The molecule has 12 heteroatoms. The van der Waals surface area contributed by atoms with Crippen molar-refractivity contribution in [3.8, 4) is 0 Å². The first-order chi connectivity index (χ1) is 22.3. The van der Waals surface area contributed by atoms with E-state index in [2.05, 4.69) is 0 Å². The maximum atomic E-state index is 10.3. The van der Waals surface area contributed by atoms with E-state index in [-0.39, 0.29) is 35.5 Å². The molecular formula is C34H50N2O10. The smallest absolute Gasteiger partial charge is 0.335 e. The van der Waals surface area contributed by atoms with E-state index in [9.17, 15) is 9.59 Å². The summed E-state index contributed by atoms with van der Waals surface area (Å²) in [5, 5.41) is 16.9. The Labute approximate surface area is 271 Å². The number of carboxylic acids is 2. The number of anilines is 2. The molecule has 1 aliphatic heterocycles. The summed E-state index contributed by atoms with van der Waals surface area (Å²) in [6.45, 7) is 4.93. The molecule has 4 unspecified atom stereocenters. The minimum Gasteiger partial charge on any atom is -0.478 e. The lowest BCUT2D eigenvalue weighted by Crippen LogP contribution is -2.37. The lowest BCUT2D eigenvalue weighted by molar-refractivity contribution is -0.129. The van der Waals surface area contributed by atoms with E-state index >= 15 is 0 Å². The average molecular weight is 647 g/mol. The van der Waals surface area contributed by atoms with Crippen molar-refractivity contribution in [2.75, 3.05) is 64.3 Å². The fourth-order valence-electron chi connectivity index (χ4n) is 5.38. The Hall–Kier alpha value is -3.26. The van der Waals surface area contributed by atoms with Crippen LogP contribution in [0.5, 0.6) is 0 Å². The van der Waals surface area contributed by atoms with Crippen LogP contribution in [0.25, 0.3) is 0 Å². The summed E-state index contributed by atoms with van der Waals surface area (Å²) in [6, 6.07) is 12.1. The summed E-state index contributed by atoms with van der Waals surface area (Å²) in [7, 11) is 0. The van der Waals surface area contributed by atoms with Crippen molar-refractivity contribution < 1.29 is 48.2 Å². The Morgan fingerprint density at radius 2 is 0.739 bits per heavy atom. The van der Waals surface area contributed by atoms with Gasteiger partial charge in [0.2, 0.25) is 0 Å². The molecule has 1 saturated heterocycles. The van der Waals surface area contributed by atoms with Gasteiger partial charge >= 0.3 is 11.9 Å². The van der Waals surface area contributed by atoms with Gasteiger partial charge in [-0.3, -0.25) is 0 Å². The number of hydrogen-bond donors (Lipinski definition) is 4. The molecule has 2 aromatic carbocycles. The molecule has 0 radical (unpaired) electrons. The van der Waals surface area contributed by atoms with Crippen LogP contribution in [0, 0.1) is 0 Å². The monoisotopic (exact) mass is 646 g/mol. The summed E-state index contributed by atoms with van der Waals surface area (Å²) in [5.74, 6) is -1.86. The number of carbonyl (C=O) groups is 2. The molecule has 12 nitrogen and oxygen atoms in total. The summed E-state index contributed by atoms with van der Waals surface area (Å²) in [6.07, 6.45) is 9.93. The van der Waals surface area contributed by atoms with Crippen LogP contribution in [0.15, 0.2) is 48.5 Å². The van der Waals surface area contributed by atoms with E-state index in [1.165, 1.54) is 49.9 Å². The Balaban J connectivity index is 0.000000235. The number of fused-ring (bicyclic) bond motifs is 2. The number of ether oxygens (including phenoxy) is 6. The maximum Gasteiger partial charge on any atom is 0.335 e. The van der Waals surface area contributed by atoms with Gasteiger partial charge in [-0.05, 0) is 74.2 Å². The van der Waals surface area contributed by atoms with Crippen LogP contribution in [0.1, 0.15) is 72.1 Å². The van der Waals surface area contributed by atoms with Crippen LogP contribution in [-0.2, 0) is 28.4 Å². The van der Waals surface area contributed by atoms with Crippen molar-refractivity contribution in [2.24, 2.45) is 0 Å². The third kappa shape index (κ3) is 14.4. The summed E-state index contributed by atoms with van der Waals surface area (Å²) >= 11 is 0. The first-order valence-corrected chi connectivity index (χ1v) is 16.1. The first kappa shape index (κ1) is 37.2. The normalized spacial score (nSPS) is 24.9. The molecule has 3 fully saturated rings. The number of aromatic carboxylic acids is 2. The second-order valence-corrected chi connectivity index (χ2v) is 11.3. The highest BCUT2D eigenvalue weighted by Crippen LogP contribution is 2.25. The average Bonchev–Trinajstić information content (AvgIpc) is 3.05. The van der Waals surface area contributed by atoms with E-state index in [1.54, 1.807) is 24.3 Å². The minimum absolute atomic E-state index is 0.189. The van der Waals surface area contributed by atoms with Gasteiger partial charge in [-0.2, -0.15) is 0 Å². The SMILES string of the molecule is C1CCC2OCCOCCOC3CCCCC3OCCOCCOC2C1.Nc1ccc(C(=O)O)cc1.Nc1ccc(C(=O)O)cc1. The highest BCUT2D eigenvalue weighted by molar-refractivity contribution is 5.88. The van der Waals surface area contributed by atoms with Crippen LogP contribution in [-0.4, -0.2) is 99.4 Å². The number of nitrogen functional groups attached to an aromatic ring is 2. The molecule has 0 spiro atoms. The topological polar surface area (TPSA) is 182 Å². The Bertz CT molecular complexity index is 1010. The molecule has 1 heterocycles. The highest BCUT2D eigenvalue weighted by Gasteiger charge is 2.27. The molecule has 0 aromatic heterocycles. The predicted octanol–water partition coefficient (Wildman–Crippen LogP) is 4.66. The largest absolute Gasteiger partial charge is 0.478 e.